The molecule has 0 aliphatic carbocycles. The lowest BCUT2D eigenvalue weighted by atomic mass is 10.1. The molecule has 0 atom stereocenters. The quantitative estimate of drug-likeness (QED) is 0.762. The fourth-order valence-corrected chi connectivity index (χ4v) is 1.87. The van der Waals surface area contributed by atoms with Crippen molar-refractivity contribution in [1.82, 2.24) is 9.55 Å². The van der Waals surface area contributed by atoms with Gasteiger partial charge >= 0.3 is 11.7 Å². The first-order valence-electron chi connectivity index (χ1n) is 5.55. The Kier molecular flexibility index (Phi) is 3.37. The topological polar surface area (TPSA) is 101 Å². The second-order valence-corrected chi connectivity index (χ2v) is 3.99. The van der Waals surface area contributed by atoms with Crippen molar-refractivity contribution < 1.29 is 14.3 Å². The number of carbonyl (C=O) groups is 1. The van der Waals surface area contributed by atoms with Crippen LogP contribution in [0.5, 0.6) is 0 Å². The van der Waals surface area contributed by atoms with Gasteiger partial charge in [0.25, 0.3) is 0 Å². The van der Waals surface area contributed by atoms with Crippen molar-refractivity contribution in [3.05, 3.63) is 51.8 Å². The minimum absolute atomic E-state index is 0.0368. The molecule has 0 spiro atoms. The van der Waals surface area contributed by atoms with Crippen LogP contribution in [0.25, 0.3) is 0 Å². The van der Waals surface area contributed by atoms with Crippen molar-refractivity contribution >= 4 is 11.8 Å². The Morgan fingerprint density at radius 1 is 1.42 bits per heavy atom. The molecule has 0 fully saturated rings. The highest BCUT2D eigenvalue weighted by Crippen LogP contribution is 2.11. The number of hydrogen-bond acceptors (Lipinski definition) is 3. The number of carboxylic acids is 1. The fourth-order valence-electron chi connectivity index (χ4n) is 1.87. The minimum atomic E-state index is -1.30. The molecule has 1 heterocycles. The van der Waals surface area contributed by atoms with E-state index in [9.17, 15) is 14.0 Å². The van der Waals surface area contributed by atoms with Crippen molar-refractivity contribution in [2.24, 2.45) is 0 Å². The van der Waals surface area contributed by atoms with Crippen LogP contribution in [0.2, 0.25) is 0 Å². The van der Waals surface area contributed by atoms with Gasteiger partial charge in [-0.1, -0.05) is 18.2 Å². The smallest absolute Gasteiger partial charge is 0.356 e. The lowest BCUT2D eigenvalue weighted by molar-refractivity contribution is 0.0686. The molecule has 1 aromatic carbocycles. The first kappa shape index (κ1) is 12.9. The number of carboxylic acid groups (broad SMARTS) is 1. The zero-order chi connectivity index (χ0) is 14.0. The van der Waals surface area contributed by atoms with Crippen molar-refractivity contribution in [3.8, 4) is 0 Å². The number of rotatable bonds is 4. The molecule has 7 heteroatoms. The first-order valence-corrected chi connectivity index (χ1v) is 5.55. The highest BCUT2D eigenvalue weighted by atomic mass is 19.1. The third-order valence-electron chi connectivity index (χ3n) is 2.78. The van der Waals surface area contributed by atoms with Gasteiger partial charge in [0.1, 0.15) is 11.6 Å². The average Bonchev–Trinajstić information content (AvgIpc) is 2.63. The number of H-pyrrole nitrogens is 1. The lowest BCUT2D eigenvalue weighted by Crippen LogP contribution is -2.22. The monoisotopic (exact) mass is 265 g/mol. The summed E-state index contributed by atoms with van der Waals surface area (Å²) in [5.41, 5.74) is 4.90. The van der Waals surface area contributed by atoms with Gasteiger partial charge in [-0.3, -0.25) is 9.55 Å². The number of benzene rings is 1. The van der Waals surface area contributed by atoms with E-state index in [0.717, 1.165) is 4.57 Å². The van der Waals surface area contributed by atoms with E-state index in [-0.39, 0.29) is 24.5 Å². The molecule has 0 amide bonds. The number of aryl methyl sites for hydroxylation is 1. The third kappa shape index (κ3) is 2.49. The lowest BCUT2D eigenvalue weighted by Gasteiger charge is -2.05. The van der Waals surface area contributed by atoms with Gasteiger partial charge in [-0.05, 0) is 18.1 Å². The fraction of sp³-hybridized carbons (Fsp3) is 0.167. The minimum Gasteiger partial charge on any atom is -0.476 e. The van der Waals surface area contributed by atoms with E-state index in [0.29, 0.717) is 5.56 Å². The molecule has 2 rings (SSSR count). The Labute approximate surface area is 107 Å². The summed E-state index contributed by atoms with van der Waals surface area (Å²) in [4.78, 5) is 24.8. The molecule has 0 bridgehead atoms. The number of aromatic amines is 1. The Balaban J connectivity index is 2.28. The number of nitrogens with zero attached hydrogens (tertiary/aromatic N) is 1. The average molecular weight is 265 g/mol. The molecular weight excluding hydrogens is 253 g/mol. The van der Waals surface area contributed by atoms with E-state index in [1.807, 2.05) is 0 Å². The van der Waals surface area contributed by atoms with E-state index < -0.39 is 17.5 Å². The molecule has 2 aromatic rings. The van der Waals surface area contributed by atoms with E-state index in [1.54, 1.807) is 18.2 Å². The number of nitrogen functional groups attached to an aromatic ring is 1. The van der Waals surface area contributed by atoms with Gasteiger partial charge in [-0.25, -0.2) is 14.0 Å². The first-order chi connectivity index (χ1) is 9.00. The van der Waals surface area contributed by atoms with Crippen LogP contribution in [-0.4, -0.2) is 20.6 Å². The second-order valence-electron chi connectivity index (χ2n) is 3.99. The summed E-state index contributed by atoms with van der Waals surface area (Å²) < 4.78 is 14.4. The van der Waals surface area contributed by atoms with Crippen LogP contribution in [0.3, 0.4) is 0 Å². The molecule has 0 radical (unpaired) electrons. The van der Waals surface area contributed by atoms with Crippen molar-refractivity contribution in [3.63, 3.8) is 0 Å². The van der Waals surface area contributed by atoms with Crippen LogP contribution in [0.15, 0.2) is 29.1 Å². The maximum atomic E-state index is 13.4. The summed E-state index contributed by atoms with van der Waals surface area (Å²) in [5, 5.41) is 8.98. The van der Waals surface area contributed by atoms with Gasteiger partial charge in [0.15, 0.2) is 5.69 Å². The number of nitrogens with two attached hydrogens (primary N) is 1. The molecule has 0 aliphatic rings. The standard InChI is InChI=1S/C12H12FN3O3/c13-8-4-2-1-3-7(8)5-6-16-9(11(17)18)10(14)15-12(16)19/h1-4H,5-6,14H2,(H,15,19)(H,17,18). The highest BCUT2D eigenvalue weighted by Gasteiger charge is 2.18. The summed E-state index contributed by atoms with van der Waals surface area (Å²) in [5.74, 6) is -1.90. The Morgan fingerprint density at radius 2 is 2.11 bits per heavy atom. The highest BCUT2D eigenvalue weighted by molar-refractivity contribution is 5.90. The summed E-state index contributed by atoms with van der Waals surface area (Å²) >= 11 is 0. The molecule has 6 nitrogen and oxygen atoms in total. The van der Waals surface area contributed by atoms with Gasteiger partial charge < -0.3 is 10.8 Å². The van der Waals surface area contributed by atoms with Gasteiger partial charge in [-0.2, -0.15) is 0 Å². The second kappa shape index (κ2) is 4.97. The largest absolute Gasteiger partial charge is 0.476 e. The number of aromatic carboxylic acids is 1. The van der Waals surface area contributed by atoms with Crippen molar-refractivity contribution in [2.75, 3.05) is 5.73 Å². The van der Waals surface area contributed by atoms with Crippen molar-refractivity contribution in [1.29, 1.82) is 0 Å². The van der Waals surface area contributed by atoms with E-state index in [4.69, 9.17) is 10.8 Å². The van der Waals surface area contributed by atoms with E-state index >= 15 is 0 Å². The number of halogens is 1. The van der Waals surface area contributed by atoms with Gasteiger partial charge in [0.2, 0.25) is 0 Å². The van der Waals surface area contributed by atoms with Crippen LogP contribution < -0.4 is 11.4 Å². The van der Waals surface area contributed by atoms with E-state index in [1.165, 1.54) is 6.07 Å². The van der Waals surface area contributed by atoms with Gasteiger partial charge in [0, 0.05) is 6.54 Å². The predicted octanol–water partition coefficient (Wildman–Crippen LogP) is 0.839. The summed E-state index contributed by atoms with van der Waals surface area (Å²) in [6.45, 7) is 0.0368. The van der Waals surface area contributed by atoms with Crippen LogP contribution >= 0.6 is 0 Å². The molecule has 0 saturated heterocycles. The molecule has 100 valence electrons. The predicted molar refractivity (Wildman–Crippen MR) is 66.5 cm³/mol. The van der Waals surface area contributed by atoms with Crippen LogP contribution in [0, 0.1) is 5.82 Å². The van der Waals surface area contributed by atoms with Crippen molar-refractivity contribution in [2.45, 2.75) is 13.0 Å². The molecule has 19 heavy (non-hydrogen) atoms. The normalized spacial score (nSPS) is 10.6. The zero-order valence-corrected chi connectivity index (χ0v) is 9.89. The van der Waals surface area contributed by atoms with Crippen LogP contribution in [-0.2, 0) is 13.0 Å². The molecule has 0 unspecified atom stereocenters. The van der Waals surface area contributed by atoms with Gasteiger partial charge in [0.05, 0.1) is 0 Å². The molecular formula is C12H12FN3O3. The maximum absolute atomic E-state index is 13.4. The molecule has 0 aliphatic heterocycles. The summed E-state index contributed by atoms with van der Waals surface area (Å²) in [7, 11) is 0. The zero-order valence-electron chi connectivity index (χ0n) is 9.89. The number of imidazole rings is 1. The number of hydrogen-bond donors (Lipinski definition) is 3. The van der Waals surface area contributed by atoms with Gasteiger partial charge in [-0.15, -0.1) is 0 Å². The number of nitrogens with one attached hydrogen (secondary N) is 1. The molecule has 4 N–H and O–H groups in total. The Bertz CT molecular complexity index is 675. The molecule has 0 saturated carbocycles. The third-order valence-corrected chi connectivity index (χ3v) is 2.78. The van der Waals surface area contributed by atoms with Crippen LogP contribution in [0.4, 0.5) is 10.2 Å². The SMILES string of the molecule is Nc1[nH]c(=O)n(CCc2ccccc2F)c1C(=O)O. The molecule has 1 aromatic heterocycles. The van der Waals surface area contributed by atoms with Crippen LogP contribution in [0.1, 0.15) is 16.1 Å². The number of aromatic nitrogens is 2. The Morgan fingerprint density at radius 3 is 2.74 bits per heavy atom. The maximum Gasteiger partial charge on any atom is 0.356 e. The summed E-state index contributed by atoms with van der Waals surface area (Å²) in [6.07, 6.45) is 0.199. The van der Waals surface area contributed by atoms with E-state index in [2.05, 4.69) is 4.98 Å². The number of anilines is 1. The summed E-state index contributed by atoms with van der Waals surface area (Å²) in [6, 6.07) is 6.12. The Hall–Kier alpha value is -2.57.